The van der Waals surface area contributed by atoms with Crippen molar-refractivity contribution in [1.82, 2.24) is 68.7 Å². The number of aliphatic carboxylic acids is 1. The summed E-state index contributed by atoms with van der Waals surface area (Å²) in [5.41, 5.74) is 45.4. The van der Waals surface area contributed by atoms with Crippen molar-refractivity contribution in [2.45, 2.75) is 190 Å². The number of carboxylic acid groups (broad SMARTS) is 1. The highest BCUT2D eigenvalue weighted by atomic mass is 32.1. The average molecular weight is 1680 g/mol. The number of guanidine groups is 3. The van der Waals surface area contributed by atoms with Crippen molar-refractivity contribution >= 4 is 138 Å². The third-order valence-corrected chi connectivity index (χ3v) is 19.6. The van der Waals surface area contributed by atoms with E-state index in [2.05, 4.69) is 104 Å². The van der Waals surface area contributed by atoms with E-state index < -0.39 is 217 Å². The van der Waals surface area contributed by atoms with Gasteiger partial charge in [0, 0.05) is 37.6 Å². The quantitative estimate of drug-likeness (QED) is 0.00961. The van der Waals surface area contributed by atoms with E-state index in [1.807, 2.05) is 0 Å². The molecule has 0 heterocycles. The van der Waals surface area contributed by atoms with Crippen molar-refractivity contribution in [1.29, 1.82) is 0 Å². The molecule has 3 rings (SSSR count). The molecule has 1 aliphatic carbocycles. The van der Waals surface area contributed by atoms with Crippen LogP contribution in [0.25, 0.3) is 0 Å². The number of aliphatic imine (C=N–C) groups is 3. The molecule has 2 aromatic carbocycles. The van der Waals surface area contributed by atoms with Crippen molar-refractivity contribution in [2.75, 3.05) is 57.4 Å². The molecular formula is C72H114N24O19S2. The summed E-state index contributed by atoms with van der Waals surface area (Å²) in [4.78, 5) is 233. The van der Waals surface area contributed by atoms with Gasteiger partial charge in [-0.1, -0.05) is 95.1 Å². The third kappa shape index (κ3) is 33.1. The first kappa shape index (κ1) is 99.9. The van der Waals surface area contributed by atoms with E-state index in [1.165, 1.54) is 13.8 Å². The van der Waals surface area contributed by atoms with Gasteiger partial charge in [0.15, 0.2) is 17.9 Å². The number of aliphatic hydroxyl groups excluding tert-OH is 2. The summed E-state index contributed by atoms with van der Waals surface area (Å²) < 4.78 is 0. The Morgan fingerprint density at radius 1 is 0.513 bits per heavy atom. The van der Waals surface area contributed by atoms with Gasteiger partial charge in [0.1, 0.15) is 78.3 Å². The first-order chi connectivity index (χ1) is 55.3. The van der Waals surface area contributed by atoms with Crippen LogP contribution in [0, 0.1) is 11.8 Å². The molecule has 1 aliphatic rings. The number of thiol groups is 2. The van der Waals surface area contributed by atoms with Crippen LogP contribution in [-0.2, 0) is 95.1 Å². The monoisotopic (exact) mass is 1680 g/mol. The lowest BCUT2D eigenvalue weighted by Crippen LogP contribution is -2.63. The van der Waals surface area contributed by atoms with Gasteiger partial charge in [-0.3, -0.25) is 91.8 Å². The number of nitrogens with zero attached hydrogens (tertiary/aromatic N) is 4. The van der Waals surface area contributed by atoms with Gasteiger partial charge >= 0.3 is 5.97 Å². The van der Waals surface area contributed by atoms with Crippen molar-refractivity contribution in [3.8, 4) is 0 Å². The zero-order valence-corrected chi connectivity index (χ0v) is 67.7. The zero-order chi connectivity index (χ0) is 87.8. The molecule has 0 saturated heterocycles. The molecule has 43 nitrogen and oxygen atoms in total. The number of aryl methyl sites for hydroxylation is 1. The molecule has 31 N–H and O–H groups in total. The molecule has 2 aromatic rings. The highest BCUT2D eigenvalue weighted by Gasteiger charge is 2.49. The number of amides is 14. The summed E-state index contributed by atoms with van der Waals surface area (Å²) in [6, 6.07) is -3.59. The molecule has 0 aromatic heterocycles. The number of fused-ring (bicyclic) bond motifs is 1. The molecule has 15 atom stereocenters. The Morgan fingerprint density at radius 2 is 0.966 bits per heavy atom. The van der Waals surface area contributed by atoms with E-state index in [9.17, 15) is 92.0 Å². The Morgan fingerprint density at radius 3 is 1.47 bits per heavy atom. The maximum atomic E-state index is 14.9. The molecule has 0 radical (unpaired) electrons. The van der Waals surface area contributed by atoms with Crippen LogP contribution in [0.2, 0.25) is 0 Å². The molecule has 0 bridgehead atoms. The van der Waals surface area contributed by atoms with Gasteiger partial charge in [0.25, 0.3) is 11.8 Å². The molecule has 0 fully saturated rings. The lowest BCUT2D eigenvalue weighted by Gasteiger charge is -2.36. The number of imide groups is 1. The minimum absolute atomic E-state index is 0.0116. The standard InChI is InChI=1S/C72H114N24O19S2/c1-6-37(3)55(94-60(107)45(21-14-26-82-70(76)77)87-53(101)31-84-52(100)30-85-59(106)47(28-40-16-9-8-10-17-40)89-57(104)39(5)86-64(111)50(35-116)92-63(110)49(34-99)91-58(105)44(73)33-98)65(112)90-48(29-54(102)103)62(109)88-46(22-15-27-83-71(78)79)61(108)95-56(38(4)7-2)66(113)93-51(36-117)67(114)96(42(32-97)19-13-25-81-69(74)75)68(115)72(80)24-23-41-18-11-12-20-43(41)72/h8-12,16-18,20,32,37-39,42,44-51,55-56,98-99,116-117H,6-7,13-15,19,21-31,33-36,73,80H2,1-5H3,(H,84,100)(H,85,106)(H,86,111)(H,87,101)(H,88,109)(H,89,104)(H,90,112)(H,91,105)(H,92,110)(H,93,113)(H,94,107)(H,95,108)(H,102,103)(H4,74,75,81)(H4,76,77,82)(H4,78,79,83)/t37-,38-,39-,42-,44-,45-,46-,47-,48-,49-,50-,51-,55-,56-,72?/m0/s1. The Balaban J connectivity index is 1.87. The topological polar surface area (TPSA) is 727 Å². The highest BCUT2D eigenvalue weighted by Crippen LogP contribution is 2.37. The second kappa shape index (κ2) is 50.9. The van der Waals surface area contributed by atoms with Gasteiger partial charge in [-0.25, -0.2) is 0 Å². The van der Waals surface area contributed by atoms with Crippen LogP contribution in [-0.4, -0.2) is 263 Å². The van der Waals surface area contributed by atoms with Crippen LogP contribution in [0.4, 0.5) is 0 Å². The normalized spacial score (nSPS) is 16.2. The third-order valence-electron chi connectivity index (χ3n) is 18.8. The fraction of sp³-hybridized carbons (Fsp3) is 0.569. The fourth-order valence-electron chi connectivity index (χ4n) is 11.8. The lowest BCUT2D eigenvalue weighted by molar-refractivity contribution is -0.155. The minimum Gasteiger partial charge on any atom is -0.481 e. The number of carbonyl (C=O) groups is 16. The Bertz CT molecular complexity index is 3850. The van der Waals surface area contributed by atoms with Crippen molar-refractivity contribution in [3.63, 3.8) is 0 Å². The number of nitrogens with two attached hydrogens (primary N) is 8. The van der Waals surface area contributed by atoms with E-state index in [1.54, 1.807) is 75.4 Å². The molecule has 117 heavy (non-hydrogen) atoms. The van der Waals surface area contributed by atoms with Crippen LogP contribution in [0.5, 0.6) is 0 Å². The smallest absolute Gasteiger partial charge is 0.305 e. The van der Waals surface area contributed by atoms with E-state index >= 15 is 0 Å². The number of aliphatic hydroxyl groups is 2. The summed E-state index contributed by atoms with van der Waals surface area (Å²) in [7, 11) is 0. The maximum absolute atomic E-state index is 14.9. The van der Waals surface area contributed by atoms with Gasteiger partial charge in [-0.05, 0) is 86.8 Å². The van der Waals surface area contributed by atoms with Crippen molar-refractivity contribution < 1.29 is 92.0 Å². The van der Waals surface area contributed by atoms with Crippen LogP contribution in [0.3, 0.4) is 0 Å². The SMILES string of the molecule is CC[C@H](C)[C@H](NC(=O)[C@H](CCCN=C(N)N)NC(=O)CNC(=O)CNC(=O)[C@H](Cc1ccccc1)NC(=O)[C@H](C)NC(=O)[C@H](CS)NC(=O)[C@H](CO)NC(=O)[C@@H](N)CO)C(=O)N[C@@H](CC(=O)O)C(=O)N[C@@H](CCCN=C(N)N)C(=O)N[C@H](C(=O)N[C@@H](CS)C(=O)N(C(=O)C1(N)CCc2ccccc21)[C@H](C=O)CCCN=C(N)N)[C@@H](C)CC. The Kier molecular flexibility index (Phi) is 43.5. The van der Waals surface area contributed by atoms with E-state index in [-0.39, 0.29) is 107 Å². The molecule has 45 heteroatoms. The van der Waals surface area contributed by atoms with E-state index in [4.69, 9.17) is 45.9 Å². The molecule has 0 saturated carbocycles. The summed E-state index contributed by atoms with van der Waals surface area (Å²) in [6.45, 7) is 4.17. The number of nitrogens with one attached hydrogen (secondary N) is 12. The number of hydrogen-bond donors (Lipinski definition) is 25. The van der Waals surface area contributed by atoms with Gasteiger partial charge in [0.2, 0.25) is 70.9 Å². The van der Waals surface area contributed by atoms with Crippen LogP contribution in [0.1, 0.15) is 116 Å². The van der Waals surface area contributed by atoms with Crippen LogP contribution < -0.4 is 110 Å². The van der Waals surface area contributed by atoms with Crippen molar-refractivity contribution in [3.05, 3.63) is 71.3 Å². The first-order valence-corrected chi connectivity index (χ1v) is 39.0. The average Bonchev–Trinajstić information content (AvgIpc) is 1.36. The summed E-state index contributed by atoms with van der Waals surface area (Å²) >= 11 is 8.46. The molecule has 0 spiro atoms. The predicted molar refractivity (Wildman–Crippen MR) is 434 cm³/mol. The minimum atomic E-state index is -2.00. The molecular weight excluding hydrogens is 1570 g/mol. The summed E-state index contributed by atoms with van der Waals surface area (Å²) in [5, 5.41) is 58.1. The van der Waals surface area contributed by atoms with Gasteiger partial charge in [-0.15, -0.1) is 0 Å². The predicted octanol–water partition coefficient (Wildman–Crippen LogP) is -9.05. The molecule has 14 amide bonds. The van der Waals surface area contributed by atoms with Gasteiger partial charge in [0.05, 0.1) is 38.8 Å². The Labute approximate surface area is 686 Å². The lowest BCUT2D eigenvalue weighted by atomic mass is 9.90. The Hall–Kier alpha value is -11.3. The first-order valence-electron chi connectivity index (χ1n) is 37.7. The number of hydrogen-bond acceptors (Lipinski definition) is 25. The fourth-order valence-corrected chi connectivity index (χ4v) is 12.3. The maximum Gasteiger partial charge on any atom is 0.305 e. The number of benzene rings is 2. The molecule has 648 valence electrons. The highest BCUT2D eigenvalue weighted by molar-refractivity contribution is 7.80. The number of carboxylic acids is 1. The van der Waals surface area contributed by atoms with Crippen molar-refractivity contribution in [2.24, 2.45) is 72.7 Å². The molecule has 0 aliphatic heterocycles. The van der Waals surface area contributed by atoms with Gasteiger partial charge < -0.3 is 130 Å². The second-order valence-electron chi connectivity index (χ2n) is 27.8. The van der Waals surface area contributed by atoms with E-state index in [0.717, 1.165) is 5.56 Å². The van der Waals surface area contributed by atoms with Gasteiger partial charge in [-0.2, -0.15) is 25.3 Å². The summed E-state index contributed by atoms with van der Waals surface area (Å²) in [6.07, 6.45) is -0.667. The summed E-state index contributed by atoms with van der Waals surface area (Å²) in [5.74, 6) is -19.0. The number of rotatable bonds is 52. The second-order valence-corrected chi connectivity index (χ2v) is 28.5. The van der Waals surface area contributed by atoms with Crippen LogP contribution in [0.15, 0.2) is 69.6 Å². The molecule has 1 unspecified atom stereocenters. The zero-order valence-electron chi connectivity index (χ0n) is 65.9. The number of aldehydes is 1. The number of carbonyl (C=O) groups excluding carboxylic acids is 15. The van der Waals surface area contributed by atoms with Crippen LogP contribution >= 0.6 is 25.3 Å². The van der Waals surface area contributed by atoms with E-state index in [0.29, 0.717) is 28.7 Å². The largest absolute Gasteiger partial charge is 0.481 e.